The molecule has 0 amide bonds. The third kappa shape index (κ3) is 3.15. The third-order valence-corrected chi connectivity index (χ3v) is 3.20. The lowest BCUT2D eigenvalue weighted by Crippen LogP contribution is -2.42. The first-order valence-corrected chi connectivity index (χ1v) is 6.61. The van der Waals surface area contributed by atoms with Gasteiger partial charge in [0.05, 0.1) is 4.47 Å². The molecular formula is C13H11BrFNO5. The van der Waals surface area contributed by atoms with Crippen molar-refractivity contribution in [2.45, 2.75) is 19.6 Å². The molecule has 2 rings (SSSR count). The molecule has 8 heteroatoms. The van der Waals surface area contributed by atoms with Gasteiger partial charge >= 0.3 is 11.9 Å². The number of anilines is 1. The number of rotatable bonds is 2. The average Bonchev–Trinajstić information content (AvgIpc) is 2.35. The summed E-state index contributed by atoms with van der Waals surface area (Å²) in [7, 11) is 0. The number of aromatic hydroxyl groups is 1. The van der Waals surface area contributed by atoms with E-state index in [1.165, 1.54) is 19.9 Å². The van der Waals surface area contributed by atoms with Crippen molar-refractivity contribution < 1.29 is 28.6 Å². The molecule has 0 atom stereocenters. The van der Waals surface area contributed by atoms with Gasteiger partial charge in [0.15, 0.2) is 17.1 Å². The van der Waals surface area contributed by atoms with E-state index >= 15 is 0 Å². The van der Waals surface area contributed by atoms with Crippen LogP contribution in [0.3, 0.4) is 0 Å². The van der Waals surface area contributed by atoms with Crippen LogP contribution in [0.25, 0.3) is 0 Å². The largest absolute Gasteiger partial charge is 0.505 e. The second-order valence-corrected chi connectivity index (χ2v) is 5.49. The number of cyclic esters (lactones) is 2. The van der Waals surface area contributed by atoms with E-state index in [1.807, 2.05) is 0 Å². The van der Waals surface area contributed by atoms with Crippen LogP contribution in [0.2, 0.25) is 0 Å². The maximum atomic E-state index is 13.6. The SMILES string of the molecule is CC1(C)OC(=O)C(=CNc2c(F)ccc(Br)c2O)C(=O)O1. The van der Waals surface area contributed by atoms with Crippen molar-refractivity contribution in [2.75, 3.05) is 5.32 Å². The topological polar surface area (TPSA) is 84.9 Å². The summed E-state index contributed by atoms with van der Waals surface area (Å²) in [6.07, 6.45) is 0.921. The molecule has 1 heterocycles. The van der Waals surface area contributed by atoms with Gasteiger partial charge in [-0.2, -0.15) is 0 Å². The normalized spacial score (nSPS) is 17.0. The number of carbonyl (C=O) groups excluding carboxylic acids is 2. The van der Waals surface area contributed by atoms with Crippen molar-refractivity contribution in [1.29, 1.82) is 0 Å². The van der Waals surface area contributed by atoms with Gasteiger partial charge in [-0.15, -0.1) is 0 Å². The Kier molecular flexibility index (Phi) is 3.91. The molecule has 0 bridgehead atoms. The molecule has 21 heavy (non-hydrogen) atoms. The number of nitrogens with one attached hydrogen (secondary N) is 1. The number of benzene rings is 1. The van der Waals surface area contributed by atoms with Gasteiger partial charge in [0.2, 0.25) is 0 Å². The minimum Gasteiger partial charge on any atom is -0.505 e. The molecule has 6 nitrogen and oxygen atoms in total. The zero-order valence-corrected chi connectivity index (χ0v) is 12.7. The second kappa shape index (κ2) is 5.36. The summed E-state index contributed by atoms with van der Waals surface area (Å²) in [6, 6.07) is 2.42. The molecule has 1 aliphatic rings. The number of hydrogen-bond donors (Lipinski definition) is 2. The minimum atomic E-state index is -1.35. The van der Waals surface area contributed by atoms with Gasteiger partial charge in [0, 0.05) is 20.0 Å². The van der Waals surface area contributed by atoms with E-state index in [9.17, 15) is 19.1 Å². The molecule has 0 aliphatic carbocycles. The predicted molar refractivity (Wildman–Crippen MR) is 73.7 cm³/mol. The molecule has 0 spiro atoms. The molecule has 0 saturated carbocycles. The number of ether oxygens (including phenoxy) is 2. The lowest BCUT2D eigenvalue weighted by Gasteiger charge is -2.29. The summed E-state index contributed by atoms with van der Waals surface area (Å²) in [6.45, 7) is 2.82. The van der Waals surface area contributed by atoms with E-state index < -0.39 is 34.9 Å². The smallest absolute Gasteiger partial charge is 0.350 e. The zero-order chi connectivity index (χ0) is 15.8. The highest BCUT2D eigenvalue weighted by molar-refractivity contribution is 9.10. The fraction of sp³-hybridized carbons (Fsp3) is 0.231. The lowest BCUT2D eigenvalue weighted by molar-refractivity contribution is -0.222. The quantitative estimate of drug-likeness (QED) is 0.365. The van der Waals surface area contributed by atoms with Crippen molar-refractivity contribution in [1.82, 2.24) is 0 Å². The van der Waals surface area contributed by atoms with E-state index in [0.29, 0.717) is 0 Å². The molecular weight excluding hydrogens is 349 g/mol. The Bertz CT molecular complexity index is 634. The maximum absolute atomic E-state index is 13.6. The fourth-order valence-electron chi connectivity index (χ4n) is 1.60. The molecule has 1 aliphatic heterocycles. The van der Waals surface area contributed by atoms with Gasteiger partial charge < -0.3 is 19.9 Å². The first-order chi connectivity index (χ1) is 9.71. The first-order valence-electron chi connectivity index (χ1n) is 5.81. The van der Waals surface area contributed by atoms with Crippen LogP contribution >= 0.6 is 15.9 Å². The second-order valence-electron chi connectivity index (χ2n) is 4.63. The van der Waals surface area contributed by atoms with E-state index in [0.717, 1.165) is 12.3 Å². The molecule has 0 unspecified atom stereocenters. The molecule has 112 valence electrons. The number of phenolic OH excluding ortho intramolecular Hbond substituents is 1. The van der Waals surface area contributed by atoms with Crippen LogP contribution in [0.1, 0.15) is 13.8 Å². The number of phenols is 1. The standard InChI is InChI=1S/C13H11BrFNO5/c1-13(2)20-11(18)6(12(19)21-13)5-16-9-8(15)4-3-7(14)10(9)17/h3-5,16-17H,1-2H3. The van der Waals surface area contributed by atoms with Gasteiger partial charge in [-0.25, -0.2) is 14.0 Å². The molecule has 1 saturated heterocycles. The zero-order valence-electron chi connectivity index (χ0n) is 11.1. The average molecular weight is 360 g/mol. The van der Waals surface area contributed by atoms with E-state index in [4.69, 9.17) is 9.47 Å². The Labute approximate surface area is 127 Å². The molecule has 1 aromatic rings. The molecule has 1 fully saturated rings. The molecule has 0 aromatic heterocycles. The summed E-state index contributed by atoms with van der Waals surface area (Å²) in [4.78, 5) is 23.4. The molecule has 2 N–H and O–H groups in total. The van der Waals surface area contributed by atoms with Crippen molar-refractivity contribution in [3.8, 4) is 5.75 Å². The number of hydrogen-bond acceptors (Lipinski definition) is 6. The van der Waals surface area contributed by atoms with Crippen molar-refractivity contribution >= 4 is 33.6 Å². The Morgan fingerprint density at radius 3 is 2.43 bits per heavy atom. The van der Waals surface area contributed by atoms with Crippen LogP contribution in [0, 0.1) is 5.82 Å². The van der Waals surface area contributed by atoms with Crippen LogP contribution in [0.4, 0.5) is 10.1 Å². The molecule has 0 radical (unpaired) electrons. The van der Waals surface area contributed by atoms with Crippen LogP contribution in [-0.2, 0) is 19.1 Å². The Hall–Kier alpha value is -2.09. The Morgan fingerprint density at radius 2 is 1.86 bits per heavy atom. The van der Waals surface area contributed by atoms with Gasteiger partial charge in [0.1, 0.15) is 5.69 Å². The summed E-state index contributed by atoms with van der Waals surface area (Å²) in [5.41, 5.74) is -0.726. The summed E-state index contributed by atoms with van der Waals surface area (Å²) >= 11 is 3.02. The monoisotopic (exact) mass is 359 g/mol. The van der Waals surface area contributed by atoms with Crippen molar-refractivity contribution in [3.05, 3.63) is 34.2 Å². The predicted octanol–water partition coefficient (Wildman–Crippen LogP) is 2.43. The van der Waals surface area contributed by atoms with E-state index in [1.54, 1.807) is 0 Å². The Morgan fingerprint density at radius 1 is 1.29 bits per heavy atom. The van der Waals surface area contributed by atoms with Gasteiger partial charge in [-0.05, 0) is 28.1 Å². The number of halogens is 2. The summed E-state index contributed by atoms with van der Waals surface area (Å²) in [5.74, 6) is -4.32. The highest BCUT2D eigenvalue weighted by atomic mass is 79.9. The highest BCUT2D eigenvalue weighted by Gasteiger charge is 2.39. The number of esters is 2. The van der Waals surface area contributed by atoms with Crippen molar-refractivity contribution in [3.63, 3.8) is 0 Å². The lowest BCUT2D eigenvalue weighted by atomic mass is 10.2. The maximum Gasteiger partial charge on any atom is 0.350 e. The molecule has 1 aromatic carbocycles. The van der Waals surface area contributed by atoms with Gasteiger partial charge in [-0.3, -0.25) is 0 Å². The fourth-order valence-corrected chi connectivity index (χ4v) is 1.93. The van der Waals surface area contributed by atoms with Gasteiger partial charge in [0.25, 0.3) is 5.79 Å². The van der Waals surface area contributed by atoms with Crippen LogP contribution < -0.4 is 5.32 Å². The van der Waals surface area contributed by atoms with Crippen LogP contribution in [0.5, 0.6) is 5.75 Å². The minimum absolute atomic E-state index is 0.250. The van der Waals surface area contributed by atoms with E-state index in [2.05, 4.69) is 21.2 Å². The van der Waals surface area contributed by atoms with E-state index in [-0.39, 0.29) is 10.2 Å². The van der Waals surface area contributed by atoms with Crippen LogP contribution in [-0.4, -0.2) is 22.8 Å². The summed E-state index contributed by atoms with van der Waals surface area (Å²) < 4.78 is 23.6. The Balaban J connectivity index is 2.28. The third-order valence-electron chi connectivity index (χ3n) is 2.56. The van der Waals surface area contributed by atoms with Crippen molar-refractivity contribution in [2.24, 2.45) is 0 Å². The first kappa shape index (κ1) is 15.3. The highest BCUT2D eigenvalue weighted by Crippen LogP contribution is 2.34. The number of carbonyl (C=O) groups is 2. The summed E-state index contributed by atoms with van der Waals surface area (Å²) in [5, 5.41) is 12.1. The van der Waals surface area contributed by atoms with Crippen LogP contribution in [0.15, 0.2) is 28.4 Å². The van der Waals surface area contributed by atoms with Gasteiger partial charge in [-0.1, -0.05) is 0 Å².